The van der Waals surface area contributed by atoms with Gasteiger partial charge in [0.2, 0.25) is 12.2 Å². The first-order valence-corrected chi connectivity index (χ1v) is 5.76. The van der Waals surface area contributed by atoms with Crippen molar-refractivity contribution in [2.24, 2.45) is 0 Å². The molecule has 1 aliphatic rings. The lowest BCUT2D eigenvalue weighted by Gasteiger charge is -2.28. The van der Waals surface area contributed by atoms with Gasteiger partial charge in [0, 0.05) is 13.0 Å². The Bertz CT molecular complexity index is 451. The third-order valence-electron chi connectivity index (χ3n) is 2.88. The summed E-state index contributed by atoms with van der Waals surface area (Å²) < 4.78 is 0. The summed E-state index contributed by atoms with van der Waals surface area (Å²) in [6.07, 6.45) is 7.34. The summed E-state index contributed by atoms with van der Waals surface area (Å²) >= 11 is 0. The second-order valence-corrected chi connectivity index (χ2v) is 4.01. The predicted octanol–water partition coefficient (Wildman–Crippen LogP) is 2.33. The predicted molar refractivity (Wildman–Crippen MR) is 67.4 cm³/mol. The van der Waals surface area contributed by atoms with Crippen LogP contribution in [0.1, 0.15) is 24.8 Å². The molecule has 1 saturated heterocycles. The molecule has 0 aliphatic carbocycles. The topological polar surface area (TPSA) is 37.4 Å². The molecule has 0 N–H and O–H groups in total. The standard InChI is InChI=1S/C14H14NO2/c16-11-5-7-12-6-1-2-8-13(12)15-10-4-3-9-14(15)17/h1-2,5-8H,3-4,9-10H2/b7-5+. The van der Waals surface area contributed by atoms with Crippen molar-refractivity contribution in [1.29, 1.82) is 0 Å². The van der Waals surface area contributed by atoms with E-state index in [1.807, 2.05) is 24.3 Å². The zero-order valence-corrected chi connectivity index (χ0v) is 9.56. The van der Waals surface area contributed by atoms with Crippen LogP contribution in [0.3, 0.4) is 0 Å². The number of amides is 1. The lowest BCUT2D eigenvalue weighted by molar-refractivity contribution is -0.119. The SMILES string of the molecule is O=[C]/C=C/c1ccccc1N1CCCCC1=O. The van der Waals surface area contributed by atoms with E-state index in [-0.39, 0.29) is 5.91 Å². The van der Waals surface area contributed by atoms with Crippen LogP contribution in [0.2, 0.25) is 0 Å². The van der Waals surface area contributed by atoms with Crippen LogP contribution in [0.4, 0.5) is 5.69 Å². The van der Waals surface area contributed by atoms with E-state index in [2.05, 4.69) is 0 Å². The third-order valence-corrected chi connectivity index (χ3v) is 2.88. The minimum atomic E-state index is 0.159. The zero-order valence-electron chi connectivity index (χ0n) is 9.56. The molecule has 1 heterocycles. The molecule has 1 aliphatic heterocycles. The van der Waals surface area contributed by atoms with E-state index in [0.29, 0.717) is 6.42 Å². The van der Waals surface area contributed by atoms with Gasteiger partial charge in [0.1, 0.15) is 0 Å². The minimum absolute atomic E-state index is 0.159. The molecule has 1 amide bonds. The van der Waals surface area contributed by atoms with Gasteiger partial charge in [-0.05, 0) is 36.6 Å². The van der Waals surface area contributed by atoms with E-state index in [0.717, 1.165) is 30.6 Å². The van der Waals surface area contributed by atoms with Crippen molar-refractivity contribution in [3.8, 4) is 0 Å². The van der Waals surface area contributed by atoms with Gasteiger partial charge in [-0.25, -0.2) is 0 Å². The highest BCUT2D eigenvalue weighted by Gasteiger charge is 2.20. The van der Waals surface area contributed by atoms with Gasteiger partial charge in [-0.3, -0.25) is 9.59 Å². The van der Waals surface area contributed by atoms with Crippen molar-refractivity contribution in [2.75, 3.05) is 11.4 Å². The normalized spacial score (nSPS) is 16.5. The number of benzene rings is 1. The highest BCUT2D eigenvalue weighted by Crippen LogP contribution is 2.25. The van der Waals surface area contributed by atoms with Gasteiger partial charge in [0.15, 0.2) is 0 Å². The van der Waals surface area contributed by atoms with Gasteiger partial charge < -0.3 is 4.90 Å². The van der Waals surface area contributed by atoms with Crippen LogP contribution >= 0.6 is 0 Å². The van der Waals surface area contributed by atoms with Gasteiger partial charge in [-0.15, -0.1) is 0 Å². The molecule has 1 radical (unpaired) electrons. The van der Waals surface area contributed by atoms with Crippen molar-refractivity contribution in [3.63, 3.8) is 0 Å². The van der Waals surface area contributed by atoms with Crippen molar-refractivity contribution in [3.05, 3.63) is 35.9 Å². The molecule has 17 heavy (non-hydrogen) atoms. The summed E-state index contributed by atoms with van der Waals surface area (Å²) in [5.41, 5.74) is 1.76. The molecule has 0 saturated carbocycles. The summed E-state index contributed by atoms with van der Waals surface area (Å²) in [7, 11) is 0. The van der Waals surface area contributed by atoms with Gasteiger partial charge in [-0.1, -0.05) is 18.2 Å². The number of piperidine rings is 1. The molecule has 87 valence electrons. The van der Waals surface area contributed by atoms with E-state index >= 15 is 0 Å². The first-order valence-electron chi connectivity index (χ1n) is 5.76. The Morgan fingerprint density at radius 1 is 1.24 bits per heavy atom. The van der Waals surface area contributed by atoms with Crippen LogP contribution in [-0.2, 0) is 9.59 Å². The van der Waals surface area contributed by atoms with Crippen LogP contribution in [0.25, 0.3) is 6.08 Å². The van der Waals surface area contributed by atoms with Gasteiger partial charge in [0.25, 0.3) is 0 Å². The average molecular weight is 228 g/mol. The number of allylic oxidation sites excluding steroid dienone is 1. The van der Waals surface area contributed by atoms with E-state index in [9.17, 15) is 9.59 Å². The molecule has 0 aromatic heterocycles. The number of hydrogen-bond donors (Lipinski definition) is 0. The summed E-state index contributed by atoms with van der Waals surface area (Å²) in [5, 5.41) is 0. The number of para-hydroxylation sites is 1. The van der Waals surface area contributed by atoms with Crippen LogP contribution < -0.4 is 4.90 Å². The van der Waals surface area contributed by atoms with E-state index in [1.54, 1.807) is 17.3 Å². The Morgan fingerprint density at radius 3 is 2.82 bits per heavy atom. The summed E-state index contributed by atoms with van der Waals surface area (Å²) in [5.74, 6) is 0.159. The lowest BCUT2D eigenvalue weighted by atomic mass is 10.1. The number of anilines is 1. The number of carbonyl (C=O) groups excluding carboxylic acids is 2. The average Bonchev–Trinajstić information content (AvgIpc) is 2.37. The molecule has 0 spiro atoms. The fourth-order valence-corrected chi connectivity index (χ4v) is 2.06. The number of rotatable bonds is 3. The fraction of sp³-hybridized carbons (Fsp3) is 0.286. The largest absolute Gasteiger partial charge is 0.312 e. The van der Waals surface area contributed by atoms with Crippen molar-refractivity contribution in [2.45, 2.75) is 19.3 Å². The molecule has 3 heteroatoms. The Morgan fingerprint density at radius 2 is 2.06 bits per heavy atom. The summed E-state index contributed by atoms with van der Waals surface area (Å²) in [4.78, 5) is 23.9. The number of nitrogens with zero attached hydrogens (tertiary/aromatic N) is 1. The first kappa shape index (κ1) is 11.6. The van der Waals surface area contributed by atoms with Gasteiger partial charge in [0.05, 0.1) is 5.69 Å². The van der Waals surface area contributed by atoms with Crippen LogP contribution in [0.5, 0.6) is 0 Å². The lowest BCUT2D eigenvalue weighted by Crippen LogP contribution is -2.35. The maximum atomic E-state index is 11.8. The Balaban J connectivity index is 2.33. The van der Waals surface area contributed by atoms with Crippen molar-refractivity contribution in [1.82, 2.24) is 0 Å². The quantitative estimate of drug-likeness (QED) is 0.744. The van der Waals surface area contributed by atoms with Gasteiger partial charge in [-0.2, -0.15) is 0 Å². The van der Waals surface area contributed by atoms with Crippen molar-refractivity contribution >= 4 is 24.0 Å². The molecular formula is C14H14NO2. The van der Waals surface area contributed by atoms with Crippen LogP contribution in [0, 0.1) is 0 Å². The third kappa shape index (κ3) is 2.61. The molecule has 0 unspecified atom stereocenters. The fourth-order valence-electron chi connectivity index (χ4n) is 2.06. The molecule has 1 aromatic carbocycles. The van der Waals surface area contributed by atoms with Crippen LogP contribution in [-0.4, -0.2) is 18.7 Å². The molecule has 0 atom stereocenters. The summed E-state index contributed by atoms with van der Waals surface area (Å²) in [6.45, 7) is 0.758. The molecule has 3 nitrogen and oxygen atoms in total. The van der Waals surface area contributed by atoms with Crippen molar-refractivity contribution < 1.29 is 9.59 Å². The molecule has 0 bridgehead atoms. The molecule has 1 aromatic rings. The van der Waals surface area contributed by atoms with Crippen LogP contribution in [0.15, 0.2) is 30.3 Å². The van der Waals surface area contributed by atoms with Gasteiger partial charge >= 0.3 is 0 Å². The number of hydrogen-bond acceptors (Lipinski definition) is 2. The zero-order chi connectivity index (χ0) is 12.1. The van der Waals surface area contributed by atoms with E-state index in [4.69, 9.17) is 0 Å². The maximum absolute atomic E-state index is 11.8. The Hall–Kier alpha value is -1.90. The Kier molecular flexibility index (Phi) is 3.70. The maximum Gasteiger partial charge on any atom is 0.226 e. The smallest absolute Gasteiger partial charge is 0.226 e. The second-order valence-electron chi connectivity index (χ2n) is 4.01. The monoisotopic (exact) mass is 228 g/mol. The Labute approximate surface area is 101 Å². The van der Waals surface area contributed by atoms with E-state index in [1.165, 1.54) is 6.08 Å². The summed E-state index contributed by atoms with van der Waals surface area (Å²) in [6, 6.07) is 7.60. The molecule has 1 fully saturated rings. The van der Waals surface area contributed by atoms with E-state index < -0.39 is 0 Å². The highest BCUT2D eigenvalue weighted by molar-refractivity contribution is 5.96. The minimum Gasteiger partial charge on any atom is -0.312 e. The highest BCUT2D eigenvalue weighted by atomic mass is 16.2. The first-order chi connectivity index (χ1) is 8.33. The molecule has 2 rings (SSSR count). The molecular weight excluding hydrogens is 214 g/mol. The second kappa shape index (κ2) is 5.43. The number of carbonyl (C=O) groups is 1.